The molecule has 0 saturated heterocycles. The lowest BCUT2D eigenvalue weighted by atomic mass is 10.1. The molecule has 1 rings (SSSR count). The van der Waals surface area contributed by atoms with Gasteiger partial charge in [0.15, 0.2) is 0 Å². The molecule has 2 N–H and O–H groups in total. The first-order chi connectivity index (χ1) is 9.49. The van der Waals surface area contributed by atoms with Gasteiger partial charge in [-0.1, -0.05) is 27.7 Å². The molecule has 0 radical (unpaired) electrons. The predicted octanol–water partition coefficient (Wildman–Crippen LogP) is 3.32. The van der Waals surface area contributed by atoms with Crippen LogP contribution < -0.4 is 10.6 Å². The van der Waals surface area contributed by atoms with Crippen LogP contribution in [0.5, 0.6) is 0 Å². The van der Waals surface area contributed by atoms with E-state index in [1.165, 1.54) is 0 Å². The molecule has 0 saturated carbocycles. The number of carbonyl (C=O) groups excluding carboxylic acids is 1. The number of hydrogen-bond donors (Lipinski definition) is 2. The van der Waals surface area contributed by atoms with Crippen LogP contribution >= 0.6 is 0 Å². The standard InChI is InChI=1S/C16H27N3O/c1-12(2)7-9-17-14-5-6-15(19-11-14)16(20)18-10-8-13(3)4/h5-6,11-13,17H,7-10H2,1-4H3,(H,18,20). The summed E-state index contributed by atoms with van der Waals surface area (Å²) in [7, 11) is 0. The van der Waals surface area contributed by atoms with E-state index in [2.05, 4.69) is 43.3 Å². The van der Waals surface area contributed by atoms with Crippen LogP contribution in [0.15, 0.2) is 18.3 Å². The molecule has 0 aliphatic rings. The van der Waals surface area contributed by atoms with Gasteiger partial charge in [0, 0.05) is 13.1 Å². The number of carbonyl (C=O) groups is 1. The third-order valence-corrected chi connectivity index (χ3v) is 3.05. The quantitative estimate of drug-likeness (QED) is 0.766. The largest absolute Gasteiger partial charge is 0.384 e. The van der Waals surface area contributed by atoms with Crippen LogP contribution in [0.4, 0.5) is 5.69 Å². The zero-order chi connectivity index (χ0) is 15.0. The van der Waals surface area contributed by atoms with Gasteiger partial charge in [0.1, 0.15) is 5.69 Å². The summed E-state index contributed by atoms with van der Waals surface area (Å²) in [6.45, 7) is 10.3. The Hall–Kier alpha value is -1.58. The maximum absolute atomic E-state index is 11.8. The summed E-state index contributed by atoms with van der Waals surface area (Å²) in [5.74, 6) is 1.18. The van der Waals surface area contributed by atoms with E-state index < -0.39 is 0 Å². The van der Waals surface area contributed by atoms with Crippen LogP contribution in [-0.4, -0.2) is 24.0 Å². The van der Waals surface area contributed by atoms with Crippen molar-refractivity contribution in [3.63, 3.8) is 0 Å². The Morgan fingerprint density at radius 3 is 2.30 bits per heavy atom. The first-order valence-electron chi connectivity index (χ1n) is 7.47. The Morgan fingerprint density at radius 2 is 1.75 bits per heavy atom. The fourth-order valence-electron chi connectivity index (χ4n) is 1.70. The van der Waals surface area contributed by atoms with Crippen molar-refractivity contribution in [2.24, 2.45) is 11.8 Å². The van der Waals surface area contributed by atoms with Gasteiger partial charge in [-0.25, -0.2) is 4.98 Å². The van der Waals surface area contributed by atoms with Crippen molar-refractivity contribution in [1.82, 2.24) is 10.3 Å². The van der Waals surface area contributed by atoms with Crippen LogP contribution in [0.1, 0.15) is 51.0 Å². The molecule has 4 heteroatoms. The molecule has 20 heavy (non-hydrogen) atoms. The van der Waals surface area contributed by atoms with Crippen molar-refractivity contribution >= 4 is 11.6 Å². The second kappa shape index (κ2) is 8.56. The van der Waals surface area contributed by atoms with Gasteiger partial charge in [0.25, 0.3) is 5.91 Å². The lowest BCUT2D eigenvalue weighted by Gasteiger charge is -2.09. The monoisotopic (exact) mass is 277 g/mol. The van der Waals surface area contributed by atoms with E-state index in [4.69, 9.17) is 0 Å². The number of pyridine rings is 1. The van der Waals surface area contributed by atoms with Gasteiger partial charge < -0.3 is 10.6 Å². The van der Waals surface area contributed by atoms with Crippen molar-refractivity contribution in [2.75, 3.05) is 18.4 Å². The van der Waals surface area contributed by atoms with E-state index in [1.54, 1.807) is 12.3 Å². The first kappa shape index (κ1) is 16.5. The lowest BCUT2D eigenvalue weighted by molar-refractivity contribution is 0.0947. The van der Waals surface area contributed by atoms with Crippen LogP contribution in [0.25, 0.3) is 0 Å². The van der Waals surface area contributed by atoms with E-state index >= 15 is 0 Å². The molecule has 0 aromatic carbocycles. The molecular formula is C16H27N3O. The number of nitrogens with zero attached hydrogens (tertiary/aromatic N) is 1. The SMILES string of the molecule is CC(C)CCNC(=O)c1ccc(NCCC(C)C)cn1. The molecule has 0 aliphatic heterocycles. The first-order valence-corrected chi connectivity index (χ1v) is 7.47. The smallest absolute Gasteiger partial charge is 0.269 e. The molecule has 0 unspecified atom stereocenters. The zero-order valence-electron chi connectivity index (χ0n) is 13.1. The van der Waals surface area contributed by atoms with Crippen LogP contribution in [0, 0.1) is 11.8 Å². The van der Waals surface area contributed by atoms with Gasteiger partial charge in [-0.15, -0.1) is 0 Å². The molecule has 1 aromatic heterocycles. The number of hydrogen-bond acceptors (Lipinski definition) is 3. The van der Waals surface area contributed by atoms with Crippen molar-refractivity contribution < 1.29 is 4.79 Å². The minimum Gasteiger partial charge on any atom is -0.384 e. The molecular weight excluding hydrogens is 250 g/mol. The highest BCUT2D eigenvalue weighted by Crippen LogP contribution is 2.08. The average Bonchev–Trinajstić information content (AvgIpc) is 2.38. The molecule has 0 aliphatic carbocycles. The molecule has 1 amide bonds. The second-order valence-electron chi connectivity index (χ2n) is 5.98. The van der Waals surface area contributed by atoms with Crippen LogP contribution in [-0.2, 0) is 0 Å². The predicted molar refractivity (Wildman–Crippen MR) is 84.0 cm³/mol. The molecule has 0 bridgehead atoms. The number of nitrogens with one attached hydrogen (secondary N) is 2. The Balaban J connectivity index is 2.39. The summed E-state index contributed by atoms with van der Waals surface area (Å²) in [6, 6.07) is 3.67. The van der Waals surface area contributed by atoms with E-state index in [0.717, 1.165) is 25.1 Å². The minimum atomic E-state index is -0.0978. The molecule has 0 atom stereocenters. The maximum Gasteiger partial charge on any atom is 0.269 e. The summed E-state index contributed by atoms with van der Waals surface area (Å²) in [5, 5.41) is 6.19. The summed E-state index contributed by atoms with van der Waals surface area (Å²) in [6.07, 6.45) is 3.83. The van der Waals surface area contributed by atoms with Gasteiger partial charge in [0.05, 0.1) is 11.9 Å². The number of anilines is 1. The Bertz CT molecular complexity index is 399. The maximum atomic E-state index is 11.8. The van der Waals surface area contributed by atoms with Gasteiger partial charge in [-0.2, -0.15) is 0 Å². The number of amides is 1. The summed E-state index contributed by atoms with van der Waals surface area (Å²) < 4.78 is 0. The third kappa shape index (κ3) is 6.55. The fourth-order valence-corrected chi connectivity index (χ4v) is 1.70. The van der Waals surface area contributed by atoms with E-state index in [-0.39, 0.29) is 5.91 Å². The van der Waals surface area contributed by atoms with Crippen molar-refractivity contribution in [3.05, 3.63) is 24.0 Å². The number of rotatable bonds is 8. The lowest BCUT2D eigenvalue weighted by Crippen LogP contribution is -2.26. The van der Waals surface area contributed by atoms with Crippen LogP contribution in [0.3, 0.4) is 0 Å². The molecule has 1 aromatic rings. The molecule has 112 valence electrons. The van der Waals surface area contributed by atoms with Crippen molar-refractivity contribution in [1.29, 1.82) is 0 Å². The molecule has 0 fully saturated rings. The third-order valence-electron chi connectivity index (χ3n) is 3.05. The Labute approximate surface area is 122 Å². The van der Waals surface area contributed by atoms with E-state index in [0.29, 0.717) is 24.1 Å². The average molecular weight is 277 g/mol. The summed E-state index contributed by atoms with van der Waals surface area (Å²) in [4.78, 5) is 16.0. The number of aromatic nitrogens is 1. The van der Waals surface area contributed by atoms with Crippen molar-refractivity contribution in [2.45, 2.75) is 40.5 Å². The molecule has 0 spiro atoms. The normalized spacial score (nSPS) is 10.9. The summed E-state index contributed by atoms with van der Waals surface area (Å²) in [5.41, 5.74) is 1.44. The van der Waals surface area contributed by atoms with Gasteiger partial charge in [-0.05, 0) is 36.8 Å². The topological polar surface area (TPSA) is 54.0 Å². The highest BCUT2D eigenvalue weighted by atomic mass is 16.1. The van der Waals surface area contributed by atoms with Gasteiger partial charge >= 0.3 is 0 Å². The van der Waals surface area contributed by atoms with Gasteiger partial charge in [0.2, 0.25) is 0 Å². The zero-order valence-corrected chi connectivity index (χ0v) is 13.1. The molecule has 4 nitrogen and oxygen atoms in total. The highest BCUT2D eigenvalue weighted by Gasteiger charge is 2.06. The van der Waals surface area contributed by atoms with Gasteiger partial charge in [-0.3, -0.25) is 4.79 Å². The minimum absolute atomic E-state index is 0.0978. The fraction of sp³-hybridized carbons (Fsp3) is 0.625. The Morgan fingerprint density at radius 1 is 1.10 bits per heavy atom. The summed E-state index contributed by atoms with van der Waals surface area (Å²) >= 11 is 0. The Kier molecular flexibility index (Phi) is 7.05. The van der Waals surface area contributed by atoms with Crippen molar-refractivity contribution in [3.8, 4) is 0 Å². The molecule has 1 heterocycles. The van der Waals surface area contributed by atoms with E-state index in [9.17, 15) is 4.79 Å². The van der Waals surface area contributed by atoms with E-state index in [1.807, 2.05) is 6.07 Å². The second-order valence-corrected chi connectivity index (χ2v) is 5.98. The van der Waals surface area contributed by atoms with Crippen LogP contribution in [0.2, 0.25) is 0 Å². The highest BCUT2D eigenvalue weighted by molar-refractivity contribution is 5.92.